The first-order valence-electron chi connectivity index (χ1n) is 4.76. The van der Waals surface area contributed by atoms with Gasteiger partial charge in [-0.2, -0.15) is 0 Å². The Bertz CT molecular complexity index is 480. The molecule has 2 rings (SSSR count). The molecule has 0 atom stereocenters. The Morgan fingerprint density at radius 2 is 2.20 bits per heavy atom. The van der Waals surface area contributed by atoms with E-state index in [1.165, 1.54) is 0 Å². The monoisotopic (exact) mass is 200 g/mol. The molecular formula is C12H12N2O. The normalized spacial score (nSPS) is 11.0. The molecule has 0 bridgehead atoms. The Hall–Kier alpha value is -1.87. The first-order chi connectivity index (χ1) is 7.40. The summed E-state index contributed by atoms with van der Waals surface area (Å²) in [4.78, 5) is 4.32. The number of aliphatic hydroxyl groups is 1. The van der Waals surface area contributed by atoms with Gasteiger partial charge in [-0.25, -0.2) is 0 Å². The van der Waals surface area contributed by atoms with Crippen LogP contribution in [0.4, 0.5) is 0 Å². The number of benzene rings is 1. The fraction of sp³-hybridized carbons (Fsp3) is 0.0833. The van der Waals surface area contributed by atoms with E-state index in [1.54, 1.807) is 12.4 Å². The van der Waals surface area contributed by atoms with Crippen molar-refractivity contribution in [2.45, 2.75) is 0 Å². The van der Waals surface area contributed by atoms with Crippen LogP contribution < -0.4 is 5.32 Å². The van der Waals surface area contributed by atoms with Gasteiger partial charge in [0, 0.05) is 11.6 Å². The van der Waals surface area contributed by atoms with E-state index in [1.807, 2.05) is 30.3 Å². The summed E-state index contributed by atoms with van der Waals surface area (Å²) in [6.45, 7) is -0.0580. The summed E-state index contributed by atoms with van der Waals surface area (Å²) in [6.07, 6.45) is 5.37. The SMILES string of the molecule is OCN/C=C/c1cnc2ccccc2c1. The van der Waals surface area contributed by atoms with Crippen LogP contribution >= 0.6 is 0 Å². The van der Waals surface area contributed by atoms with Gasteiger partial charge in [0.2, 0.25) is 0 Å². The van der Waals surface area contributed by atoms with Gasteiger partial charge in [0.1, 0.15) is 6.73 Å². The van der Waals surface area contributed by atoms with Crippen LogP contribution in [0.2, 0.25) is 0 Å². The lowest BCUT2D eigenvalue weighted by atomic mass is 10.1. The highest BCUT2D eigenvalue weighted by Crippen LogP contribution is 2.13. The van der Waals surface area contributed by atoms with Crippen molar-refractivity contribution in [2.24, 2.45) is 0 Å². The van der Waals surface area contributed by atoms with Gasteiger partial charge in [-0.05, 0) is 30.0 Å². The molecule has 76 valence electrons. The molecule has 0 saturated heterocycles. The van der Waals surface area contributed by atoms with Gasteiger partial charge in [0.15, 0.2) is 0 Å². The summed E-state index contributed by atoms with van der Waals surface area (Å²) in [6, 6.07) is 10.0. The first kappa shape index (κ1) is 9.68. The molecule has 0 radical (unpaired) electrons. The number of aliphatic hydroxyl groups excluding tert-OH is 1. The van der Waals surface area contributed by atoms with Gasteiger partial charge >= 0.3 is 0 Å². The predicted octanol–water partition coefficient (Wildman–Crippen LogP) is 1.74. The molecular weight excluding hydrogens is 188 g/mol. The first-order valence-corrected chi connectivity index (χ1v) is 4.76. The van der Waals surface area contributed by atoms with E-state index in [4.69, 9.17) is 5.11 Å². The molecule has 0 saturated carbocycles. The van der Waals surface area contributed by atoms with Crippen LogP contribution in [0.5, 0.6) is 0 Å². The van der Waals surface area contributed by atoms with Crippen LogP contribution in [0.15, 0.2) is 42.7 Å². The maximum atomic E-state index is 8.54. The van der Waals surface area contributed by atoms with Crippen molar-refractivity contribution >= 4 is 17.0 Å². The standard InChI is InChI=1S/C12H12N2O/c15-9-13-6-5-10-7-11-3-1-2-4-12(11)14-8-10/h1-8,13,15H,9H2/b6-5+. The fourth-order valence-electron chi connectivity index (χ4n) is 1.39. The summed E-state index contributed by atoms with van der Waals surface area (Å²) in [5.41, 5.74) is 2.00. The summed E-state index contributed by atoms with van der Waals surface area (Å²) in [7, 11) is 0. The van der Waals surface area contributed by atoms with Gasteiger partial charge in [-0.15, -0.1) is 0 Å². The number of para-hydroxylation sites is 1. The maximum Gasteiger partial charge on any atom is 0.112 e. The molecule has 15 heavy (non-hydrogen) atoms. The van der Waals surface area contributed by atoms with Crippen LogP contribution in [0, 0.1) is 0 Å². The van der Waals surface area contributed by atoms with Gasteiger partial charge in [0.25, 0.3) is 0 Å². The molecule has 0 aliphatic heterocycles. The lowest BCUT2D eigenvalue weighted by Crippen LogP contribution is -2.04. The molecule has 1 aromatic carbocycles. The second-order valence-electron chi connectivity index (χ2n) is 3.16. The number of pyridine rings is 1. The van der Waals surface area contributed by atoms with Crippen LogP contribution in [0.25, 0.3) is 17.0 Å². The number of hydrogen-bond acceptors (Lipinski definition) is 3. The summed E-state index contributed by atoms with van der Waals surface area (Å²) in [5, 5.41) is 12.3. The minimum absolute atomic E-state index is 0.0580. The molecule has 1 aromatic heterocycles. The van der Waals surface area contributed by atoms with Crippen molar-refractivity contribution < 1.29 is 5.11 Å². The van der Waals surface area contributed by atoms with E-state index in [-0.39, 0.29) is 6.73 Å². The van der Waals surface area contributed by atoms with Crippen LogP contribution in [0.1, 0.15) is 5.56 Å². The Morgan fingerprint density at radius 1 is 1.33 bits per heavy atom. The van der Waals surface area contributed by atoms with E-state index in [0.717, 1.165) is 16.5 Å². The summed E-state index contributed by atoms with van der Waals surface area (Å²) >= 11 is 0. The minimum atomic E-state index is -0.0580. The zero-order valence-electron chi connectivity index (χ0n) is 8.22. The number of aromatic nitrogens is 1. The topological polar surface area (TPSA) is 45.1 Å². The number of nitrogens with zero attached hydrogens (tertiary/aromatic N) is 1. The number of fused-ring (bicyclic) bond motifs is 1. The molecule has 0 fully saturated rings. The van der Waals surface area contributed by atoms with Crippen LogP contribution in [0.3, 0.4) is 0 Å². The third-order valence-corrected chi connectivity index (χ3v) is 2.10. The quantitative estimate of drug-likeness (QED) is 0.742. The van der Waals surface area contributed by atoms with Gasteiger partial charge in [0.05, 0.1) is 5.52 Å². The van der Waals surface area contributed by atoms with E-state index in [0.29, 0.717) is 0 Å². The van der Waals surface area contributed by atoms with Gasteiger partial charge < -0.3 is 10.4 Å². The number of hydrogen-bond donors (Lipinski definition) is 2. The zero-order chi connectivity index (χ0) is 10.5. The molecule has 3 heteroatoms. The summed E-state index contributed by atoms with van der Waals surface area (Å²) in [5.74, 6) is 0. The minimum Gasteiger partial charge on any atom is -0.377 e. The van der Waals surface area contributed by atoms with E-state index < -0.39 is 0 Å². The highest BCUT2D eigenvalue weighted by Gasteiger charge is 1.93. The fourth-order valence-corrected chi connectivity index (χ4v) is 1.39. The highest BCUT2D eigenvalue weighted by molar-refractivity contribution is 5.80. The molecule has 2 N–H and O–H groups in total. The van der Waals surface area contributed by atoms with Crippen molar-refractivity contribution in [1.29, 1.82) is 0 Å². The maximum absolute atomic E-state index is 8.54. The third-order valence-electron chi connectivity index (χ3n) is 2.10. The number of rotatable bonds is 3. The molecule has 0 aliphatic rings. The van der Waals surface area contributed by atoms with Crippen molar-refractivity contribution in [3.63, 3.8) is 0 Å². The molecule has 0 spiro atoms. The van der Waals surface area contributed by atoms with Crippen molar-refractivity contribution in [3.05, 3.63) is 48.3 Å². The van der Waals surface area contributed by atoms with Gasteiger partial charge in [-0.1, -0.05) is 18.2 Å². The third kappa shape index (κ3) is 2.33. The highest BCUT2D eigenvalue weighted by atomic mass is 16.3. The van der Waals surface area contributed by atoms with Gasteiger partial charge in [-0.3, -0.25) is 4.98 Å². The molecule has 0 amide bonds. The Kier molecular flexibility index (Phi) is 2.95. The van der Waals surface area contributed by atoms with Crippen LogP contribution in [-0.4, -0.2) is 16.8 Å². The van der Waals surface area contributed by atoms with Crippen LogP contribution in [-0.2, 0) is 0 Å². The lowest BCUT2D eigenvalue weighted by Gasteiger charge is -1.98. The largest absolute Gasteiger partial charge is 0.377 e. The summed E-state index contributed by atoms with van der Waals surface area (Å²) < 4.78 is 0. The van der Waals surface area contributed by atoms with E-state index in [2.05, 4.69) is 16.4 Å². The average Bonchev–Trinajstić information content (AvgIpc) is 2.29. The molecule has 1 heterocycles. The predicted molar refractivity (Wildman–Crippen MR) is 61.0 cm³/mol. The lowest BCUT2D eigenvalue weighted by molar-refractivity contribution is 0.280. The Labute approximate surface area is 88.1 Å². The second-order valence-corrected chi connectivity index (χ2v) is 3.16. The number of nitrogens with one attached hydrogen (secondary N) is 1. The molecule has 3 nitrogen and oxygen atoms in total. The Morgan fingerprint density at radius 3 is 3.07 bits per heavy atom. The van der Waals surface area contributed by atoms with Crippen molar-refractivity contribution in [1.82, 2.24) is 10.3 Å². The van der Waals surface area contributed by atoms with Crippen molar-refractivity contribution in [3.8, 4) is 0 Å². The Balaban J connectivity index is 2.30. The average molecular weight is 200 g/mol. The molecule has 0 aliphatic carbocycles. The van der Waals surface area contributed by atoms with E-state index >= 15 is 0 Å². The molecule has 0 unspecified atom stereocenters. The van der Waals surface area contributed by atoms with Crippen molar-refractivity contribution in [2.75, 3.05) is 6.73 Å². The smallest absolute Gasteiger partial charge is 0.112 e. The second kappa shape index (κ2) is 4.57. The zero-order valence-corrected chi connectivity index (χ0v) is 8.22. The van der Waals surface area contributed by atoms with E-state index in [9.17, 15) is 0 Å². The molecule has 2 aromatic rings.